The Bertz CT molecular complexity index is 121. The lowest BCUT2D eigenvalue weighted by atomic mass is 9.73. The fourth-order valence-corrected chi connectivity index (χ4v) is 1.63. The highest BCUT2D eigenvalue weighted by atomic mass is 14.2. The van der Waals surface area contributed by atoms with Gasteiger partial charge >= 0.3 is 0 Å². The van der Waals surface area contributed by atoms with Gasteiger partial charge in [-0.2, -0.15) is 0 Å². The van der Waals surface area contributed by atoms with E-state index in [1.54, 1.807) is 0 Å². The van der Waals surface area contributed by atoms with Gasteiger partial charge in [-0.1, -0.05) is 19.8 Å². The summed E-state index contributed by atoms with van der Waals surface area (Å²) in [6.07, 6.45) is 5.19. The monoisotopic (exact) mass is 134 g/mol. The second-order valence-corrected chi connectivity index (χ2v) is 3.53. The molecule has 54 valence electrons. The van der Waals surface area contributed by atoms with Gasteiger partial charge in [-0.15, -0.1) is 12.1 Å². The molecule has 2 radical (unpaired) electrons. The summed E-state index contributed by atoms with van der Waals surface area (Å²) in [7, 11) is 5.62. The lowest BCUT2D eigenvalue weighted by Gasteiger charge is -2.26. The Morgan fingerprint density at radius 1 is 1.30 bits per heavy atom. The standard InChI is InChI=1S/C9H15B/c1-7-3-5-9(6-4-7)8(2)10/h7,9H,2-6H2,1H3. The minimum Gasteiger partial charge on any atom is -0.122 e. The van der Waals surface area contributed by atoms with Crippen molar-refractivity contribution in [3.05, 3.63) is 12.1 Å². The average molecular weight is 134 g/mol. The Morgan fingerprint density at radius 2 is 1.80 bits per heavy atom. The van der Waals surface area contributed by atoms with E-state index >= 15 is 0 Å². The average Bonchev–Trinajstić information content (AvgIpc) is 1.88. The van der Waals surface area contributed by atoms with Crippen LogP contribution in [0.1, 0.15) is 32.6 Å². The van der Waals surface area contributed by atoms with Gasteiger partial charge in [0.2, 0.25) is 0 Å². The maximum atomic E-state index is 5.62. The van der Waals surface area contributed by atoms with Crippen molar-refractivity contribution in [1.82, 2.24) is 0 Å². The fraction of sp³-hybridized carbons (Fsp3) is 0.778. The number of hydrogen-bond donors (Lipinski definition) is 0. The summed E-state index contributed by atoms with van der Waals surface area (Å²) in [4.78, 5) is 0. The first kappa shape index (κ1) is 7.91. The number of allylic oxidation sites excluding steroid dienone is 1. The van der Waals surface area contributed by atoms with Gasteiger partial charge in [-0.25, -0.2) is 0 Å². The van der Waals surface area contributed by atoms with Crippen molar-refractivity contribution < 1.29 is 0 Å². The first-order valence-electron chi connectivity index (χ1n) is 4.14. The zero-order valence-corrected chi connectivity index (χ0v) is 6.77. The highest BCUT2D eigenvalue weighted by Crippen LogP contribution is 2.30. The number of rotatable bonds is 1. The molecule has 0 aromatic rings. The summed E-state index contributed by atoms with van der Waals surface area (Å²) in [5.41, 5.74) is 0.895. The molecule has 0 N–H and O–H groups in total. The summed E-state index contributed by atoms with van der Waals surface area (Å²) in [5.74, 6) is 1.53. The zero-order valence-electron chi connectivity index (χ0n) is 6.77. The molecule has 0 nitrogen and oxygen atoms in total. The third-order valence-electron chi connectivity index (χ3n) is 2.54. The highest BCUT2D eigenvalue weighted by molar-refractivity contribution is 6.21. The molecule has 1 aliphatic rings. The molecule has 10 heavy (non-hydrogen) atoms. The van der Waals surface area contributed by atoms with Crippen molar-refractivity contribution in [2.75, 3.05) is 0 Å². The van der Waals surface area contributed by atoms with Crippen LogP contribution in [0.15, 0.2) is 12.1 Å². The normalized spacial score (nSPS) is 33.7. The molecular weight excluding hydrogens is 119 g/mol. The molecule has 0 spiro atoms. The number of hydrogen-bond acceptors (Lipinski definition) is 0. The van der Waals surface area contributed by atoms with E-state index < -0.39 is 0 Å². The third kappa shape index (κ3) is 1.90. The van der Waals surface area contributed by atoms with Gasteiger partial charge < -0.3 is 0 Å². The van der Waals surface area contributed by atoms with Gasteiger partial charge in [0, 0.05) is 0 Å². The molecule has 0 aromatic heterocycles. The van der Waals surface area contributed by atoms with Crippen LogP contribution in [0.4, 0.5) is 0 Å². The predicted octanol–water partition coefficient (Wildman–Crippen LogP) is 2.49. The maximum Gasteiger partial charge on any atom is 0.107 e. The summed E-state index contributed by atoms with van der Waals surface area (Å²) in [6.45, 7) is 6.10. The first-order chi connectivity index (χ1) is 4.70. The lowest BCUT2D eigenvalue weighted by Crippen LogP contribution is -2.13. The molecule has 1 saturated carbocycles. The van der Waals surface area contributed by atoms with Crippen LogP contribution in [0.5, 0.6) is 0 Å². The summed E-state index contributed by atoms with van der Waals surface area (Å²) < 4.78 is 0. The highest BCUT2D eigenvalue weighted by Gasteiger charge is 2.17. The SMILES string of the molecule is [B]C(=C)C1CCC(C)CC1. The second-order valence-electron chi connectivity index (χ2n) is 3.53. The van der Waals surface area contributed by atoms with E-state index in [0.29, 0.717) is 5.92 Å². The molecule has 0 heterocycles. The van der Waals surface area contributed by atoms with E-state index in [2.05, 4.69) is 13.5 Å². The Labute approximate surface area is 65.1 Å². The molecule has 1 aliphatic carbocycles. The molecule has 0 unspecified atom stereocenters. The van der Waals surface area contributed by atoms with E-state index in [1.807, 2.05) is 0 Å². The Hall–Kier alpha value is -0.195. The van der Waals surface area contributed by atoms with Crippen LogP contribution < -0.4 is 0 Å². The molecule has 1 heteroatoms. The molecule has 0 atom stereocenters. The van der Waals surface area contributed by atoms with E-state index in [4.69, 9.17) is 7.85 Å². The lowest BCUT2D eigenvalue weighted by molar-refractivity contribution is 0.327. The zero-order chi connectivity index (χ0) is 7.56. The smallest absolute Gasteiger partial charge is 0.107 e. The first-order valence-corrected chi connectivity index (χ1v) is 4.14. The molecule has 0 aromatic carbocycles. The largest absolute Gasteiger partial charge is 0.122 e. The molecule has 1 fully saturated rings. The molecular formula is C9H15B. The molecule has 0 bridgehead atoms. The van der Waals surface area contributed by atoms with Crippen LogP contribution in [0.2, 0.25) is 0 Å². The van der Waals surface area contributed by atoms with Crippen molar-refractivity contribution in [2.24, 2.45) is 11.8 Å². The van der Waals surface area contributed by atoms with E-state index in [-0.39, 0.29) is 0 Å². The predicted molar refractivity (Wildman–Crippen MR) is 46.0 cm³/mol. The molecule has 0 saturated heterocycles. The van der Waals surface area contributed by atoms with Crippen molar-refractivity contribution in [3.63, 3.8) is 0 Å². The van der Waals surface area contributed by atoms with E-state index in [1.165, 1.54) is 25.7 Å². The summed E-state index contributed by atoms with van der Waals surface area (Å²) >= 11 is 0. The minimum atomic E-state index is 0.621. The van der Waals surface area contributed by atoms with Gasteiger partial charge in [-0.05, 0) is 24.7 Å². The summed E-state index contributed by atoms with van der Waals surface area (Å²) in [5, 5.41) is 0. The molecule has 0 aliphatic heterocycles. The maximum absolute atomic E-state index is 5.62. The van der Waals surface area contributed by atoms with Gasteiger partial charge in [0.25, 0.3) is 0 Å². The van der Waals surface area contributed by atoms with Gasteiger partial charge in [-0.3, -0.25) is 0 Å². The van der Waals surface area contributed by atoms with Crippen molar-refractivity contribution >= 4 is 7.85 Å². The van der Waals surface area contributed by atoms with Crippen LogP contribution in [0, 0.1) is 11.8 Å². The van der Waals surface area contributed by atoms with E-state index in [0.717, 1.165) is 11.4 Å². The van der Waals surface area contributed by atoms with Gasteiger partial charge in [0.1, 0.15) is 7.85 Å². The summed E-state index contributed by atoms with van der Waals surface area (Å²) in [6, 6.07) is 0. The quantitative estimate of drug-likeness (QED) is 0.483. The Kier molecular flexibility index (Phi) is 2.59. The van der Waals surface area contributed by atoms with Crippen LogP contribution in [0.25, 0.3) is 0 Å². The molecule has 0 amide bonds. The van der Waals surface area contributed by atoms with Crippen molar-refractivity contribution in [3.8, 4) is 0 Å². The second kappa shape index (κ2) is 3.27. The van der Waals surface area contributed by atoms with Gasteiger partial charge in [0.15, 0.2) is 0 Å². The van der Waals surface area contributed by atoms with Crippen molar-refractivity contribution in [2.45, 2.75) is 32.6 Å². The van der Waals surface area contributed by atoms with Gasteiger partial charge in [0.05, 0.1) is 0 Å². The minimum absolute atomic E-state index is 0.621. The fourth-order valence-electron chi connectivity index (χ4n) is 1.63. The Balaban J connectivity index is 2.33. The van der Waals surface area contributed by atoms with Crippen LogP contribution in [0.3, 0.4) is 0 Å². The van der Waals surface area contributed by atoms with Crippen LogP contribution >= 0.6 is 0 Å². The van der Waals surface area contributed by atoms with Crippen molar-refractivity contribution in [1.29, 1.82) is 0 Å². The third-order valence-corrected chi connectivity index (χ3v) is 2.54. The topological polar surface area (TPSA) is 0 Å². The molecule has 1 rings (SSSR count). The van der Waals surface area contributed by atoms with Crippen LogP contribution in [-0.4, -0.2) is 7.85 Å². The van der Waals surface area contributed by atoms with Crippen LogP contribution in [-0.2, 0) is 0 Å². The van der Waals surface area contributed by atoms with E-state index in [9.17, 15) is 0 Å². The Morgan fingerprint density at radius 3 is 2.20 bits per heavy atom.